The van der Waals surface area contributed by atoms with E-state index in [-0.39, 0.29) is 0 Å². The molecular formula is CHN4Te. The third-order valence-electron chi connectivity index (χ3n) is 0.326. The van der Waals surface area contributed by atoms with E-state index in [9.17, 15) is 0 Å². The molecule has 0 spiro atoms. The fourth-order valence-corrected chi connectivity index (χ4v) is 0.386. The van der Waals surface area contributed by atoms with Gasteiger partial charge in [-0.15, -0.1) is 0 Å². The Morgan fingerprint density at radius 1 is 1.67 bits per heavy atom. The fourth-order valence-electron chi connectivity index (χ4n) is 0.153. The summed E-state index contributed by atoms with van der Waals surface area (Å²) >= 11 is 1.70. The van der Waals surface area contributed by atoms with Gasteiger partial charge in [-0.3, -0.25) is 0 Å². The summed E-state index contributed by atoms with van der Waals surface area (Å²) in [7, 11) is 0. The van der Waals surface area contributed by atoms with Crippen LogP contribution in [-0.2, 0) is 0 Å². The number of rotatable bonds is 0. The van der Waals surface area contributed by atoms with Gasteiger partial charge >= 0.3 is 46.8 Å². The Labute approximate surface area is 47.2 Å². The second-order valence-corrected chi connectivity index (χ2v) is 1.74. The van der Waals surface area contributed by atoms with E-state index in [1.807, 2.05) is 0 Å². The van der Waals surface area contributed by atoms with E-state index in [0.717, 1.165) is 0 Å². The van der Waals surface area contributed by atoms with Gasteiger partial charge in [0.25, 0.3) is 0 Å². The molecule has 0 aromatic carbocycles. The van der Waals surface area contributed by atoms with Gasteiger partial charge in [-0.2, -0.15) is 0 Å². The summed E-state index contributed by atoms with van der Waals surface area (Å²) in [5, 5.41) is 12.7. The quantitative estimate of drug-likeness (QED) is 0.488. The molecular weight excluding hydrogens is 196 g/mol. The van der Waals surface area contributed by atoms with Crippen LogP contribution < -0.4 is 3.87 Å². The van der Waals surface area contributed by atoms with Crippen LogP contribution in [0.5, 0.6) is 0 Å². The number of hydrogen-bond acceptors (Lipinski definition) is 3. The number of aromatic amines is 1. The molecule has 0 amide bonds. The molecule has 5 heteroatoms. The van der Waals surface area contributed by atoms with Crippen molar-refractivity contribution in [1.29, 1.82) is 0 Å². The van der Waals surface area contributed by atoms with E-state index >= 15 is 0 Å². The topological polar surface area (TPSA) is 54.5 Å². The molecule has 4 nitrogen and oxygen atoms in total. The van der Waals surface area contributed by atoms with Crippen molar-refractivity contribution < 1.29 is 0 Å². The van der Waals surface area contributed by atoms with Crippen LogP contribution in [0.15, 0.2) is 0 Å². The van der Waals surface area contributed by atoms with Crippen molar-refractivity contribution in [3.63, 3.8) is 0 Å². The van der Waals surface area contributed by atoms with Crippen LogP contribution in [-0.4, -0.2) is 42.9 Å². The normalized spacial score (nSPS) is 8.67. The number of hydrogen-bond donors (Lipinski definition) is 1. The number of tetrazole rings is 1. The minimum absolute atomic E-state index is 0.686. The van der Waals surface area contributed by atoms with E-state index in [4.69, 9.17) is 0 Å². The maximum absolute atomic E-state index is 3.57. The molecule has 0 bridgehead atoms. The van der Waals surface area contributed by atoms with Crippen LogP contribution in [0.4, 0.5) is 0 Å². The second kappa shape index (κ2) is 1.54. The molecule has 0 aliphatic carbocycles. The third-order valence-corrected chi connectivity index (χ3v) is 0.819. The monoisotopic (exact) mass is 199 g/mol. The predicted octanol–water partition coefficient (Wildman–Crippen LogP) is -2.01. The van der Waals surface area contributed by atoms with Gasteiger partial charge in [-0.05, 0) is 0 Å². The Hall–Kier alpha value is -0.140. The molecule has 1 aromatic rings. The van der Waals surface area contributed by atoms with E-state index < -0.39 is 0 Å². The zero-order chi connectivity index (χ0) is 4.41. The van der Waals surface area contributed by atoms with Crippen molar-refractivity contribution in [2.75, 3.05) is 0 Å². The van der Waals surface area contributed by atoms with Gasteiger partial charge in [0.15, 0.2) is 0 Å². The molecule has 0 saturated carbocycles. The molecule has 1 radical (unpaired) electrons. The molecule has 0 fully saturated rings. The van der Waals surface area contributed by atoms with Gasteiger partial charge in [0, 0.05) is 0 Å². The summed E-state index contributed by atoms with van der Waals surface area (Å²) in [6, 6.07) is 0. The SMILES string of the molecule is [Te]c1nn[nH]n1. The number of nitrogens with zero attached hydrogens (tertiary/aromatic N) is 3. The van der Waals surface area contributed by atoms with Gasteiger partial charge in [-0.1, -0.05) is 0 Å². The van der Waals surface area contributed by atoms with Gasteiger partial charge < -0.3 is 0 Å². The van der Waals surface area contributed by atoms with Crippen molar-refractivity contribution in [3.05, 3.63) is 0 Å². The molecule has 1 rings (SSSR count). The van der Waals surface area contributed by atoms with Crippen LogP contribution in [0.2, 0.25) is 0 Å². The molecule has 0 aliphatic rings. The van der Waals surface area contributed by atoms with Gasteiger partial charge in [-0.25, -0.2) is 0 Å². The maximum atomic E-state index is 3.57. The first-order valence-electron chi connectivity index (χ1n) is 1.30. The molecule has 0 atom stereocenters. The van der Waals surface area contributed by atoms with Crippen LogP contribution in [0.25, 0.3) is 0 Å². The van der Waals surface area contributed by atoms with Crippen LogP contribution in [0.1, 0.15) is 0 Å². The molecule has 0 aliphatic heterocycles. The second-order valence-electron chi connectivity index (χ2n) is 0.694. The van der Waals surface area contributed by atoms with Gasteiger partial charge in [0.1, 0.15) is 0 Å². The Kier molecular flexibility index (Phi) is 1.03. The molecule has 1 aromatic heterocycles. The van der Waals surface area contributed by atoms with Crippen molar-refractivity contribution in [2.24, 2.45) is 0 Å². The van der Waals surface area contributed by atoms with Crippen LogP contribution in [0.3, 0.4) is 0 Å². The molecule has 31 valence electrons. The first kappa shape index (κ1) is 4.03. The van der Waals surface area contributed by atoms with E-state index in [2.05, 4.69) is 20.6 Å². The van der Waals surface area contributed by atoms with Crippen molar-refractivity contribution in [1.82, 2.24) is 20.6 Å². The summed E-state index contributed by atoms with van der Waals surface area (Å²) in [6.45, 7) is 0. The first-order chi connectivity index (χ1) is 2.89. The molecule has 6 heavy (non-hydrogen) atoms. The number of nitrogens with one attached hydrogen (secondary N) is 1. The summed E-state index contributed by atoms with van der Waals surface area (Å²) in [5.74, 6) is 0. The average Bonchev–Trinajstić information content (AvgIpc) is 1.86. The van der Waals surface area contributed by atoms with Gasteiger partial charge in [0.2, 0.25) is 0 Å². The zero-order valence-corrected chi connectivity index (χ0v) is 5.08. The van der Waals surface area contributed by atoms with Crippen molar-refractivity contribution in [2.45, 2.75) is 0 Å². The number of aromatic nitrogens is 4. The summed E-state index contributed by atoms with van der Waals surface area (Å²) < 4.78 is 0.686. The molecule has 1 N–H and O–H groups in total. The van der Waals surface area contributed by atoms with Crippen molar-refractivity contribution >= 4 is 26.2 Å². The Balaban J connectivity index is 3.05. The summed E-state index contributed by atoms with van der Waals surface area (Å²) in [4.78, 5) is 0. The molecule has 0 saturated heterocycles. The molecule has 0 unspecified atom stereocenters. The summed E-state index contributed by atoms with van der Waals surface area (Å²) in [5.41, 5.74) is 0. The van der Waals surface area contributed by atoms with Crippen molar-refractivity contribution in [3.8, 4) is 0 Å². The van der Waals surface area contributed by atoms with E-state index in [0.29, 0.717) is 3.87 Å². The first-order valence-corrected chi connectivity index (χ1v) is 2.46. The van der Waals surface area contributed by atoms with E-state index in [1.165, 1.54) is 0 Å². The Morgan fingerprint density at radius 3 is 2.67 bits per heavy atom. The van der Waals surface area contributed by atoms with Crippen LogP contribution >= 0.6 is 0 Å². The third kappa shape index (κ3) is 0.671. The standard InChI is InChI=1S/CHN4Te/c6-1-2-4-5-3-1/h(H,2,3,4,5). The number of H-pyrrole nitrogens is 1. The predicted molar refractivity (Wildman–Crippen MR) is 19.6 cm³/mol. The van der Waals surface area contributed by atoms with Gasteiger partial charge in [0.05, 0.1) is 0 Å². The zero-order valence-electron chi connectivity index (χ0n) is 2.75. The molecule has 1 heterocycles. The fraction of sp³-hybridized carbons (Fsp3) is 0. The Morgan fingerprint density at radius 2 is 2.50 bits per heavy atom. The Bertz CT molecular complexity index is 111. The minimum atomic E-state index is 0.686. The summed E-state index contributed by atoms with van der Waals surface area (Å²) in [6.07, 6.45) is 0. The van der Waals surface area contributed by atoms with E-state index in [1.54, 1.807) is 22.3 Å². The van der Waals surface area contributed by atoms with Crippen LogP contribution in [0, 0.1) is 0 Å². The average molecular weight is 197 g/mol.